The van der Waals surface area contributed by atoms with Gasteiger partial charge in [-0.1, -0.05) is 32.0 Å². The standard InChI is InChI=1S/C22H26N4O2/c1-13(2)19-18-14(3)23-26(16-7-5-4-6-8-16)20(18)22(28)25(19)17-11-24(12-17)21(27)15-9-10-15/h4-8,13,15,17,19H,9-12H2,1-3H3. The van der Waals surface area contributed by atoms with E-state index in [0.29, 0.717) is 18.8 Å². The molecule has 6 heteroatoms. The van der Waals surface area contributed by atoms with Crippen LogP contribution in [0.2, 0.25) is 0 Å². The number of aromatic nitrogens is 2. The Balaban J connectivity index is 1.48. The van der Waals surface area contributed by atoms with E-state index in [0.717, 1.165) is 29.8 Å². The number of para-hydroxylation sites is 1. The zero-order chi connectivity index (χ0) is 19.6. The van der Waals surface area contributed by atoms with Crippen molar-refractivity contribution in [3.8, 4) is 5.69 Å². The summed E-state index contributed by atoms with van der Waals surface area (Å²) in [6.07, 6.45) is 2.05. The molecule has 2 fully saturated rings. The van der Waals surface area contributed by atoms with E-state index in [1.54, 1.807) is 4.68 Å². The van der Waals surface area contributed by atoms with Crippen molar-refractivity contribution in [1.82, 2.24) is 19.6 Å². The number of benzene rings is 1. The van der Waals surface area contributed by atoms with Crippen molar-refractivity contribution in [2.75, 3.05) is 13.1 Å². The van der Waals surface area contributed by atoms with Gasteiger partial charge in [-0.3, -0.25) is 9.59 Å². The van der Waals surface area contributed by atoms with Crippen LogP contribution < -0.4 is 0 Å². The Labute approximate surface area is 165 Å². The Kier molecular flexibility index (Phi) is 3.86. The third kappa shape index (κ3) is 2.50. The number of nitrogens with zero attached hydrogens (tertiary/aromatic N) is 4. The SMILES string of the molecule is Cc1nn(-c2ccccc2)c2c1C(C(C)C)N(C1CN(C(=O)C3CC3)C1)C2=O. The highest BCUT2D eigenvalue weighted by atomic mass is 16.2. The van der Waals surface area contributed by atoms with Crippen LogP contribution in [-0.4, -0.2) is 50.5 Å². The van der Waals surface area contributed by atoms with Gasteiger partial charge in [-0.25, -0.2) is 4.68 Å². The Morgan fingerprint density at radius 1 is 1.14 bits per heavy atom. The Hall–Kier alpha value is -2.63. The summed E-state index contributed by atoms with van der Waals surface area (Å²) >= 11 is 0. The van der Waals surface area contributed by atoms with Crippen LogP contribution >= 0.6 is 0 Å². The maximum absolute atomic E-state index is 13.5. The fourth-order valence-corrected chi connectivity index (χ4v) is 4.69. The molecule has 6 nitrogen and oxygen atoms in total. The van der Waals surface area contributed by atoms with Gasteiger partial charge < -0.3 is 9.80 Å². The molecule has 2 aromatic rings. The van der Waals surface area contributed by atoms with E-state index in [1.165, 1.54) is 0 Å². The highest BCUT2D eigenvalue weighted by molar-refractivity contribution is 5.99. The minimum Gasteiger partial charge on any atom is -0.338 e. The molecular weight excluding hydrogens is 352 g/mol. The van der Waals surface area contributed by atoms with Crippen LogP contribution in [0.15, 0.2) is 30.3 Å². The van der Waals surface area contributed by atoms with E-state index in [4.69, 9.17) is 5.10 Å². The molecule has 0 bridgehead atoms. The predicted octanol–water partition coefficient (Wildman–Crippen LogP) is 2.95. The molecule has 1 atom stereocenters. The second kappa shape index (κ2) is 6.19. The van der Waals surface area contributed by atoms with E-state index < -0.39 is 0 Å². The summed E-state index contributed by atoms with van der Waals surface area (Å²) in [5.41, 5.74) is 3.56. The average Bonchev–Trinajstić information content (AvgIpc) is 3.38. The summed E-state index contributed by atoms with van der Waals surface area (Å²) in [6.45, 7) is 7.63. The van der Waals surface area contributed by atoms with Gasteiger partial charge >= 0.3 is 0 Å². The molecule has 3 heterocycles. The van der Waals surface area contributed by atoms with Crippen molar-refractivity contribution in [1.29, 1.82) is 0 Å². The lowest BCUT2D eigenvalue weighted by atomic mass is 9.94. The second-order valence-corrected chi connectivity index (χ2v) is 8.67. The normalized spacial score (nSPS) is 22.0. The molecule has 3 aliphatic rings. The van der Waals surface area contributed by atoms with Gasteiger partial charge in [0.25, 0.3) is 5.91 Å². The average molecular weight is 378 g/mol. The number of hydrogen-bond donors (Lipinski definition) is 0. The van der Waals surface area contributed by atoms with E-state index in [1.807, 2.05) is 47.1 Å². The van der Waals surface area contributed by atoms with Crippen molar-refractivity contribution >= 4 is 11.8 Å². The molecule has 0 N–H and O–H groups in total. The summed E-state index contributed by atoms with van der Waals surface area (Å²) in [7, 11) is 0. The summed E-state index contributed by atoms with van der Waals surface area (Å²) in [4.78, 5) is 29.8. The smallest absolute Gasteiger partial charge is 0.273 e. The molecule has 28 heavy (non-hydrogen) atoms. The van der Waals surface area contributed by atoms with Crippen LogP contribution in [0.5, 0.6) is 0 Å². The quantitative estimate of drug-likeness (QED) is 0.822. The van der Waals surface area contributed by atoms with Gasteiger partial charge in [-0.15, -0.1) is 0 Å². The molecule has 2 amide bonds. The van der Waals surface area contributed by atoms with E-state index in [-0.39, 0.29) is 35.7 Å². The molecule has 0 radical (unpaired) electrons. The van der Waals surface area contributed by atoms with Crippen molar-refractivity contribution in [2.45, 2.75) is 45.7 Å². The first-order valence-corrected chi connectivity index (χ1v) is 10.2. The monoisotopic (exact) mass is 378 g/mol. The van der Waals surface area contributed by atoms with Gasteiger partial charge in [0.1, 0.15) is 5.69 Å². The minimum absolute atomic E-state index is 0.0168. The van der Waals surface area contributed by atoms with E-state index in [9.17, 15) is 9.59 Å². The Morgan fingerprint density at radius 3 is 2.43 bits per heavy atom. The van der Waals surface area contributed by atoms with Gasteiger partial charge in [0, 0.05) is 24.6 Å². The highest BCUT2D eigenvalue weighted by Crippen LogP contribution is 2.44. The molecular formula is C22H26N4O2. The molecule has 5 rings (SSSR count). The van der Waals surface area contributed by atoms with Gasteiger partial charge in [0.15, 0.2) is 0 Å². The van der Waals surface area contributed by atoms with Gasteiger partial charge in [-0.05, 0) is 37.8 Å². The molecule has 146 valence electrons. The molecule has 1 aromatic carbocycles. The van der Waals surface area contributed by atoms with Crippen LogP contribution in [0.3, 0.4) is 0 Å². The number of carbonyl (C=O) groups excluding carboxylic acids is 2. The second-order valence-electron chi connectivity index (χ2n) is 8.67. The number of aryl methyl sites for hydroxylation is 1. The fraction of sp³-hybridized carbons (Fsp3) is 0.500. The molecule has 1 saturated carbocycles. The summed E-state index contributed by atoms with van der Waals surface area (Å²) in [5, 5.41) is 4.70. The van der Waals surface area contributed by atoms with Crippen molar-refractivity contribution in [3.63, 3.8) is 0 Å². The maximum Gasteiger partial charge on any atom is 0.273 e. The summed E-state index contributed by atoms with van der Waals surface area (Å²) in [5.74, 6) is 0.836. The zero-order valence-corrected chi connectivity index (χ0v) is 16.6. The zero-order valence-electron chi connectivity index (χ0n) is 16.6. The molecule has 1 aromatic heterocycles. The third-order valence-corrected chi connectivity index (χ3v) is 6.27. The third-order valence-electron chi connectivity index (χ3n) is 6.27. The minimum atomic E-state index is 0.0168. The van der Waals surface area contributed by atoms with E-state index in [2.05, 4.69) is 13.8 Å². The highest BCUT2D eigenvalue weighted by Gasteiger charge is 2.50. The summed E-state index contributed by atoms with van der Waals surface area (Å²) in [6, 6.07) is 9.96. The summed E-state index contributed by atoms with van der Waals surface area (Å²) < 4.78 is 1.80. The molecule has 0 spiro atoms. The molecule has 1 saturated heterocycles. The first-order chi connectivity index (χ1) is 13.5. The van der Waals surface area contributed by atoms with Crippen molar-refractivity contribution in [2.24, 2.45) is 11.8 Å². The molecule has 1 aliphatic carbocycles. The van der Waals surface area contributed by atoms with Crippen molar-refractivity contribution < 1.29 is 9.59 Å². The number of fused-ring (bicyclic) bond motifs is 1. The van der Waals surface area contributed by atoms with Crippen LogP contribution in [-0.2, 0) is 4.79 Å². The lowest BCUT2D eigenvalue weighted by molar-refractivity contribution is -0.140. The molecule has 1 unspecified atom stereocenters. The fourth-order valence-electron chi connectivity index (χ4n) is 4.69. The van der Waals surface area contributed by atoms with Crippen LogP contribution in [0, 0.1) is 18.8 Å². The lowest BCUT2D eigenvalue weighted by Crippen LogP contribution is -2.62. The van der Waals surface area contributed by atoms with Gasteiger partial charge in [0.05, 0.1) is 23.5 Å². The van der Waals surface area contributed by atoms with Gasteiger partial charge in [-0.2, -0.15) is 5.10 Å². The number of likely N-dealkylation sites (tertiary alicyclic amines) is 1. The number of amides is 2. The molecule has 2 aliphatic heterocycles. The number of rotatable bonds is 4. The Morgan fingerprint density at radius 2 is 1.82 bits per heavy atom. The number of carbonyl (C=O) groups is 2. The topological polar surface area (TPSA) is 58.4 Å². The van der Waals surface area contributed by atoms with Crippen LogP contribution in [0.25, 0.3) is 5.69 Å². The van der Waals surface area contributed by atoms with Crippen molar-refractivity contribution in [3.05, 3.63) is 47.3 Å². The first-order valence-electron chi connectivity index (χ1n) is 10.2. The predicted molar refractivity (Wildman–Crippen MR) is 105 cm³/mol. The van der Waals surface area contributed by atoms with Crippen LogP contribution in [0.1, 0.15) is 54.5 Å². The van der Waals surface area contributed by atoms with E-state index >= 15 is 0 Å². The largest absolute Gasteiger partial charge is 0.338 e. The first kappa shape index (κ1) is 17.5. The van der Waals surface area contributed by atoms with Crippen LogP contribution in [0.4, 0.5) is 0 Å². The number of hydrogen-bond acceptors (Lipinski definition) is 3. The lowest BCUT2D eigenvalue weighted by Gasteiger charge is -2.47. The Bertz CT molecular complexity index is 939. The maximum atomic E-state index is 13.5. The van der Waals surface area contributed by atoms with Gasteiger partial charge in [0.2, 0.25) is 5.91 Å².